The van der Waals surface area contributed by atoms with Gasteiger partial charge in [0.1, 0.15) is 17.7 Å². The fourth-order valence-electron chi connectivity index (χ4n) is 7.36. The minimum atomic E-state index is -1.27. The Morgan fingerprint density at radius 1 is 1.19 bits per heavy atom. The number of carbonyl (C=O) groups is 4. The standard InChI is InChI=1S/C36H42ClN3O7/c1-4-6-16-28(42)38-22-27(24-13-8-7-9-14-24)46-35(45)29-26-17-18-36(47-26)30(29)33(43)40(20-11-21-41)32(36)34(44)39(19-5-2)31-23(3)12-10-15-25(31)37/h4-5,7-10,12-15,26-27,29-30,32,41H,1-2,6,11,16-22H2,3H3,(H,38,42)/t26-,27+,29+,30+,32-,36+/m0/s1. The maximum absolute atomic E-state index is 14.7. The fourth-order valence-corrected chi connectivity index (χ4v) is 7.68. The summed E-state index contributed by atoms with van der Waals surface area (Å²) in [5.74, 6) is -3.52. The third-order valence-electron chi connectivity index (χ3n) is 9.39. The number of carbonyl (C=O) groups excluding carboxylic acids is 4. The summed E-state index contributed by atoms with van der Waals surface area (Å²) in [5, 5.41) is 12.9. The van der Waals surface area contributed by atoms with Crippen molar-refractivity contribution in [3.63, 3.8) is 0 Å². The lowest BCUT2D eigenvalue weighted by atomic mass is 9.70. The Balaban J connectivity index is 1.46. The van der Waals surface area contributed by atoms with E-state index < -0.39 is 47.6 Å². The molecule has 1 spiro atoms. The molecule has 0 aromatic heterocycles. The number of esters is 1. The number of anilines is 1. The monoisotopic (exact) mass is 663 g/mol. The minimum Gasteiger partial charge on any atom is -0.455 e. The summed E-state index contributed by atoms with van der Waals surface area (Å²) in [6.45, 7) is 9.44. The largest absolute Gasteiger partial charge is 0.455 e. The fraction of sp³-hybridized carbons (Fsp3) is 0.444. The van der Waals surface area contributed by atoms with Crippen molar-refractivity contribution in [2.75, 3.05) is 31.1 Å². The van der Waals surface area contributed by atoms with E-state index in [1.54, 1.807) is 24.3 Å². The molecule has 3 saturated heterocycles. The van der Waals surface area contributed by atoms with E-state index in [0.29, 0.717) is 35.5 Å². The Morgan fingerprint density at radius 2 is 1.96 bits per heavy atom. The first-order valence-electron chi connectivity index (χ1n) is 16.1. The number of hydrogen-bond acceptors (Lipinski definition) is 7. The Kier molecular flexibility index (Phi) is 10.8. The molecule has 0 aliphatic carbocycles. The van der Waals surface area contributed by atoms with Crippen LogP contribution in [0.2, 0.25) is 5.02 Å². The van der Waals surface area contributed by atoms with Gasteiger partial charge in [0.05, 0.1) is 35.2 Å². The number of amides is 3. The number of rotatable bonds is 15. The van der Waals surface area contributed by atoms with E-state index in [1.807, 2.05) is 43.3 Å². The first kappa shape index (κ1) is 34.3. The molecule has 0 saturated carbocycles. The quantitative estimate of drug-likeness (QED) is 0.215. The topological polar surface area (TPSA) is 125 Å². The summed E-state index contributed by atoms with van der Waals surface area (Å²) in [6, 6.07) is 13.4. The molecule has 3 aliphatic rings. The van der Waals surface area contributed by atoms with Crippen molar-refractivity contribution < 1.29 is 33.8 Å². The van der Waals surface area contributed by atoms with Crippen LogP contribution in [0.4, 0.5) is 5.69 Å². The van der Waals surface area contributed by atoms with E-state index in [4.69, 9.17) is 21.1 Å². The number of halogens is 1. The highest BCUT2D eigenvalue weighted by molar-refractivity contribution is 6.34. The Morgan fingerprint density at radius 3 is 2.64 bits per heavy atom. The Labute approximate surface area is 280 Å². The van der Waals surface area contributed by atoms with Gasteiger partial charge in [-0.3, -0.25) is 19.2 Å². The second-order valence-corrected chi connectivity index (χ2v) is 12.7. The van der Waals surface area contributed by atoms with Gasteiger partial charge in [0, 0.05) is 26.1 Å². The third kappa shape index (κ3) is 6.59. The van der Waals surface area contributed by atoms with Crippen molar-refractivity contribution in [2.45, 2.75) is 62.9 Å². The zero-order valence-electron chi connectivity index (χ0n) is 26.6. The number of fused-ring (bicyclic) bond motifs is 1. The highest BCUT2D eigenvalue weighted by Crippen LogP contribution is 2.59. The van der Waals surface area contributed by atoms with E-state index in [9.17, 15) is 24.3 Å². The molecule has 3 fully saturated rings. The second kappa shape index (κ2) is 14.8. The number of likely N-dealkylation sites (tertiary alicyclic amines) is 1. The summed E-state index contributed by atoms with van der Waals surface area (Å²) in [4.78, 5) is 58.5. The van der Waals surface area contributed by atoms with Gasteiger partial charge in [-0.1, -0.05) is 66.2 Å². The van der Waals surface area contributed by atoms with Crippen molar-refractivity contribution >= 4 is 41.0 Å². The number of ether oxygens (including phenoxy) is 2. The summed E-state index contributed by atoms with van der Waals surface area (Å²) < 4.78 is 12.7. The summed E-state index contributed by atoms with van der Waals surface area (Å²) in [5.41, 5.74) is 0.704. The first-order chi connectivity index (χ1) is 22.7. The second-order valence-electron chi connectivity index (χ2n) is 12.3. The van der Waals surface area contributed by atoms with Crippen LogP contribution in [0.5, 0.6) is 0 Å². The van der Waals surface area contributed by atoms with E-state index in [-0.39, 0.29) is 50.9 Å². The predicted octanol–water partition coefficient (Wildman–Crippen LogP) is 4.29. The van der Waals surface area contributed by atoms with Crippen LogP contribution >= 0.6 is 11.6 Å². The number of aryl methyl sites for hydroxylation is 1. The highest BCUT2D eigenvalue weighted by Gasteiger charge is 2.75. The van der Waals surface area contributed by atoms with Gasteiger partial charge in [-0.25, -0.2) is 0 Å². The van der Waals surface area contributed by atoms with Gasteiger partial charge in [0.15, 0.2) is 0 Å². The first-order valence-corrected chi connectivity index (χ1v) is 16.5. The number of allylic oxidation sites excluding steroid dienone is 1. The Hall–Kier alpha value is -3.99. The van der Waals surface area contributed by atoms with Gasteiger partial charge < -0.3 is 29.7 Å². The van der Waals surface area contributed by atoms with Crippen LogP contribution in [0.25, 0.3) is 0 Å². The van der Waals surface area contributed by atoms with Gasteiger partial charge in [0.25, 0.3) is 5.91 Å². The average Bonchev–Trinajstić information content (AvgIpc) is 3.71. The summed E-state index contributed by atoms with van der Waals surface area (Å²) >= 11 is 6.62. The smallest absolute Gasteiger partial charge is 0.313 e. The number of aliphatic hydroxyl groups excluding tert-OH is 1. The summed E-state index contributed by atoms with van der Waals surface area (Å²) in [6.07, 6.45) is 3.69. The van der Waals surface area contributed by atoms with E-state index in [1.165, 1.54) is 9.80 Å². The van der Waals surface area contributed by atoms with E-state index in [2.05, 4.69) is 18.5 Å². The van der Waals surface area contributed by atoms with Gasteiger partial charge in [-0.05, 0) is 49.8 Å². The molecule has 2 aromatic rings. The lowest BCUT2D eigenvalue weighted by molar-refractivity contribution is -0.160. The minimum absolute atomic E-state index is 0.0468. The molecular formula is C36H42ClN3O7. The molecule has 2 bridgehead atoms. The van der Waals surface area contributed by atoms with Crippen LogP contribution in [0.1, 0.15) is 49.3 Å². The predicted molar refractivity (Wildman–Crippen MR) is 177 cm³/mol. The van der Waals surface area contributed by atoms with Crippen molar-refractivity contribution in [1.29, 1.82) is 0 Å². The number of nitrogens with one attached hydrogen (secondary N) is 1. The van der Waals surface area contributed by atoms with Crippen molar-refractivity contribution in [3.05, 3.63) is 90.0 Å². The molecule has 2 N–H and O–H groups in total. The molecule has 10 nitrogen and oxygen atoms in total. The maximum atomic E-state index is 14.7. The van der Waals surface area contributed by atoms with E-state index in [0.717, 1.165) is 5.56 Å². The average molecular weight is 664 g/mol. The van der Waals surface area contributed by atoms with Crippen LogP contribution in [-0.4, -0.2) is 77.7 Å². The number of nitrogens with zero attached hydrogens (tertiary/aromatic N) is 2. The zero-order valence-corrected chi connectivity index (χ0v) is 27.4. The molecule has 2 aromatic carbocycles. The van der Waals surface area contributed by atoms with Gasteiger partial charge >= 0.3 is 5.97 Å². The molecule has 250 valence electrons. The number of hydrogen-bond donors (Lipinski definition) is 2. The molecular weight excluding hydrogens is 622 g/mol. The van der Waals surface area contributed by atoms with Gasteiger partial charge in [0.2, 0.25) is 11.8 Å². The number of aliphatic hydroxyl groups is 1. The van der Waals surface area contributed by atoms with Crippen molar-refractivity contribution in [2.24, 2.45) is 11.8 Å². The maximum Gasteiger partial charge on any atom is 0.313 e. The van der Waals surface area contributed by atoms with Gasteiger partial charge in [-0.15, -0.1) is 13.2 Å². The molecule has 6 atom stereocenters. The molecule has 3 aliphatic heterocycles. The number of benzene rings is 2. The molecule has 0 unspecified atom stereocenters. The van der Waals surface area contributed by atoms with Gasteiger partial charge in [-0.2, -0.15) is 0 Å². The van der Waals surface area contributed by atoms with Crippen LogP contribution < -0.4 is 10.2 Å². The van der Waals surface area contributed by atoms with Crippen molar-refractivity contribution in [3.8, 4) is 0 Å². The van der Waals surface area contributed by atoms with Crippen LogP contribution in [0.3, 0.4) is 0 Å². The van der Waals surface area contributed by atoms with Crippen molar-refractivity contribution in [1.82, 2.24) is 10.2 Å². The van der Waals surface area contributed by atoms with Crippen LogP contribution in [0, 0.1) is 18.8 Å². The lowest BCUT2D eigenvalue weighted by Gasteiger charge is -2.37. The number of para-hydroxylation sites is 1. The zero-order chi connectivity index (χ0) is 33.7. The molecule has 47 heavy (non-hydrogen) atoms. The lowest BCUT2D eigenvalue weighted by Crippen LogP contribution is -2.56. The van der Waals surface area contributed by atoms with Crippen LogP contribution in [-0.2, 0) is 28.7 Å². The molecule has 3 amide bonds. The van der Waals surface area contributed by atoms with E-state index >= 15 is 0 Å². The highest BCUT2D eigenvalue weighted by atomic mass is 35.5. The Bertz CT molecular complexity index is 1500. The normalized spacial score (nSPS) is 24.8. The summed E-state index contributed by atoms with van der Waals surface area (Å²) in [7, 11) is 0. The SMILES string of the molecule is C=CCCC(=O)NC[C@@H](OC(=O)[C@@H]1[C@@H]2CC[C@]3(O2)[C@H](C(=O)N(CC=C)c2c(C)cccc2Cl)N(CCCO)C(=O)[C@@H]13)c1ccccc1. The molecule has 0 radical (unpaired) electrons. The molecule has 3 heterocycles. The molecule has 11 heteroatoms. The molecule has 5 rings (SSSR count). The third-order valence-corrected chi connectivity index (χ3v) is 9.69. The van der Waals surface area contributed by atoms with Crippen LogP contribution in [0.15, 0.2) is 73.8 Å².